The van der Waals surface area contributed by atoms with E-state index in [1.807, 2.05) is 18.2 Å². The second-order valence-electron chi connectivity index (χ2n) is 4.97. The summed E-state index contributed by atoms with van der Waals surface area (Å²) < 4.78 is 21.5. The summed E-state index contributed by atoms with van der Waals surface area (Å²) >= 11 is 0. The number of nitrogens with two attached hydrogens (primary N) is 1. The molecule has 3 aromatic rings. The van der Waals surface area contributed by atoms with Crippen molar-refractivity contribution in [1.29, 1.82) is 0 Å². The molecule has 1 aromatic carbocycles. The van der Waals surface area contributed by atoms with Crippen LogP contribution in [0, 0.1) is 0 Å². The van der Waals surface area contributed by atoms with Gasteiger partial charge in [0.25, 0.3) is 0 Å². The summed E-state index contributed by atoms with van der Waals surface area (Å²) in [7, 11) is -2.42. The average Bonchev–Trinajstić information content (AvgIpc) is 2.56. The van der Waals surface area contributed by atoms with Crippen LogP contribution in [0.4, 0.5) is 5.82 Å². The fraction of sp³-hybridized carbons (Fsp3) is 0.0625. The Hall–Kier alpha value is -2.80. The number of thiol groups is 1. The Balaban J connectivity index is 1.98. The van der Waals surface area contributed by atoms with Crippen LogP contribution >= 0.6 is 0 Å². The second kappa shape index (κ2) is 6.53. The van der Waals surface area contributed by atoms with Gasteiger partial charge in [0, 0.05) is 35.3 Å². The fourth-order valence-corrected chi connectivity index (χ4v) is 2.76. The molecule has 3 rings (SSSR count). The molecule has 0 amide bonds. The zero-order valence-corrected chi connectivity index (χ0v) is 13.0. The molecule has 0 saturated heterocycles. The van der Waals surface area contributed by atoms with E-state index in [0.29, 0.717) is 5.82 Å². The van der Waals surface area contributed by atoms with E-state index in [4.69, 9.17) is 5.73 Å². The minimum atomic E-state index is -2.42. The van der Waals surface area contributed by atoms with Gasteiger partial charge in [-0.25, -0.2) is 23.4 Å². The normalized spacial score (nSPS) is 10.8. The molecule has 0 radical (unpaired) electrons. The van der Waals surface area contributed by atoms with Crippen LogP contribution in [-0.4, -0.2) is 23.4 Å². The van der Waals surface area contributed by atoms with E-state index in [-0.39, 0.29) is 5.75 Å². The molecule has 0 saturated carbocycles. The summed E-state index contributed by atoms with van der Waals surface area (Å²) in [5, 5.41) is 0. The van der Waals surface area contributed by atoms with E-state index in [9.17, 15) is 8.42 Å². The molecule has 0 fully saturated rings. The number of benzene rings is 1. The van der Waals surface area contributed by atoms with Crippen LogP contribution in [0.2, 0.25) is 0 Å². The van der Waals surface area contributed by atoms with Crippen molar-refractivity contribution in [2.45, 2.75) is 5.75 Å². The van der Waals surface area contributed by atoms with Crippen LogP contribution < -0.4 is 5.73 Å². The van der Waals surface area contributed by atoms with Crippen LogP contribution in [0.5, 0.6) is 0 Å². The third kappa shape index (κ3) is 3.51. The molecule has 0 atom stereocenters. The molecule has 0 aliphatic rings. The number of nitrogens with zero attached hydrogens (tertiary/aromatic N) is 3. The monoisotopic (exact) mass is 326 g/mol. The van der Waals surface area contributed by atoms with Gasteiger partial charge in [0.2, 0.25) is 0 Å². The van der Waals surface area contributed by atoms with Gasteiger partial charge in [-0.1, -0.05) is 24.3 Å². The van der Waals surface area contributed by atoms with Gasteiger partial charge in [-0.05, 0) is 17.2 Å². The maximum Gasteiger partial charge on any atom is 0.144 e. The third-order valence-electron chi connectivity index (χ3n) is 3.39. The molecule has 0 unspecified atom stereocenters. The first-order chi connectivity index (χ1) is 11.1. The van der Waals surface area contributed by atoms with Gasteiger partial charge >= 0.3 is 0 Å². The highest BCUT2D eigenvalue weighted by molar-refractivity contribution is 7.71. The van der Waals surface area contributed by atoms with E-state index >= 15 is 0 Å². The molecule has 0 bridgehead atoms. The van der Waals surface area contributed by atoms with Crippen molar-refractivity contribution in [2.24, 2.45) is 0 Å². The fourth-order valence-electron chi connectivity index (χ4n) is 2.25. The summed E-state index contributed by atoms with van der Waals surface area (Å²) in [5.41, 5.74) is 10.1. The molecule has 2 N–H and O–H groups in total. The lowest BCUT2D eigenvalue weighted by atomic mass is 10.0. The maximum atomic E-state index is 10.8. The van der Waals surface area contributed by atoms with Gasteiger partial charge in [0.15, 0.2) is 0 Å². The van der Waals surface area contributed by atoms with Crippen molar-refractivity contribution in [2.75, 3.05) is 5.73 Å². The summed E-state index contributed by atoms with van der Waals surface area (Å²) in [6.07, 6.45) is 6.50. The van der Waals surface area contributed by atoms with Gasteiger partial charge in [-0.2, -0.15) is 0 Å². The topological polar surface area (TPSA) is 98.8 Å². The molecule has 0 aliphatic heterocycles. The molecular formula is C16H14N4O2S. The van der Waals surface area contributed by atoms with Gasteiger partial charge in [-0.15, -0.1) is 0 Å². The number of hydrogen-bond donors (Lipinski definition) is 2. The number of rotatable bonds is 4. The van der Waals surface area contributed by atoms with Crippen LogP contribution in [0.15, 0.2) is 55.2 Å². The summed E-state index contributed by atoms with van der Waals surface area (Å²) in [4.78, 5) is 12.2. The molecule has 2 aromatic heterocycles. The second-order valence-corrected chi connectivity index (χ2v) is 5.95. The molecule has 116 valence electrons. The number of pyridine rings is 1. The maximum absolute atomic E-state index is 10.8. The Morgan fingerprint density at radius 2 is 1.61 bits per heavy atom. The van der Waals surface area contributed by atoms with E-state index in [1.54, 1.807) is 30.7 Å². The van der Waals surface area contributed by atoms with E-state index in [0.717, 1.165) is 27.8 Å². The highest BCUT2D eigenvalue weighted by atomic mass is 32.2. The Labute approximate surface area is 135 Å². The standard InChI is InChI=1S/C16H14N4O2S/c17-16-15(14-6-18-10-19-7-14)5-13(8-20-16)12-3-1-11(2-4-12)9-23(21)22/h1-8,10,23H,9H2,(H2,17,20). The van der Waals surface area contributed by atoms with Gasteiger partial charge in [0.05, 0.1) is 5.75 Å². The largest absolute Gasteiger partial charge is 0.383 e. The minimum absolute atomic E-state index is 0.0439. The molecule has 0 aliphatic carbocycles. The highest BCUT2D eigenvalue weighted by Gasteiger charge is 2.08. The first kappa shape index (κ1) is 15.1. The van der Waals surface area contributed by atoms with Crippen LogP contribution in [0.25, 0.3) is 22.3 Å². The third-order valence-corrected chi connectivity index (χ3v) is 4.01. The predicted octanol–water partition coefficient (Wildman–Crippen LogP) is 1.90. The Bertz CT molecular complexity index is 886. The highest BCUT2D eigenvalue weighted by Crippen LogP contribution is 2.28. The summed E-state index contributed by atoms with van der Waals surface area (Å²) in [6, 6.07) is 9.24. The lowest BCUT2D eigenvalue weighted by Crippen LogP contribution is -1.96. The van der Waals surface area contributed by atoms with E-state index < -0.39 is 10.7 Å². The van der Waals surface area contributed by atoms with Gasteiger partial charge < -0.3 is 5.73 Å². The lowest BCUT2D eigenvalue weighted by Gasteiger charge is -2.08. The zero-order valence-electron chi connectivity index (χ0n) is 12.1. The predicted molar refractivity (Wildman–Crippen MR) is 89.1 cm³/mol. The molecule has 6 nitrogen and oxygen atoms in total. The molecule has 2 heterocycles. The van der Waals surface area contributed by atoms with Crippen LogP contribution in [0.1, 0.15) is 5.56 Å². The van der Waals surface area contributed by atoms with E-state index in [2.05, 4.69) is 15.0 Å². The first-order valence-corrected chi connectivity index (χ1v) is 8.22. The minimum Gasteiger partial charge on any atom is -0.383 e. The first-order valence-electron chi connectivity index (χ1n) is 6.85. The van der Waals surface area contributed by atoms with Crippen molar-refractivity contribution in [1.82, 2.24) is 15.0 Å². The summed E-state index contributed by atoms with van der Waals surface area (Å²) in [5.74, 6) is 0.450. The Kier molecular flexibility index (Phi) is 4.29. The number of nitrogen functional groups attached to an aromatic ring is 1. The van der Waals surface area contributed by atoms with Gasteiger partial charge in [-0.3, -0.25) is 0 Å². The van der Waals surface area contributed by atoms with Gasteiger partial charge in [0.1, 0.15) is 22.8 Å². The molecule has 0 spiro atoms. The summed E-state index contributed by atoms with van der Waals surface area (Å²) in [6.45, 7) is 0. The lowest BCUT2D eigenvalue weighted by molar-refractivity contribution is 0.614. The van der Waals surface area contributed by atoms with Crippen molar-refractivity contribution < 1.29 is 8.42 Å². The SMILES string of the molecule is Nc1ncc(-c2ccc(C[SH](=O)=O)cc2)cc1-c1cncnc1. The number of anilines is 1. The Morgan fingerprint density at radius 3 is 2.26 bits per heavy atom. The number of aromatic nitrogens is 3. The number of hydrogen-bond acceptors (Lipinski definition) is 6. The van der Waals surface area contributed by atoms with Crippen LogP contribution in [0.3, 0.4) is 0 Å². The molecule has 23 heavy (non-hydrogen) atoms. The van der Waals surface area contributed by atoms with Crippen molar-refractivity contribution in [3.63, 3.8) is 0 Å². The quantitative estimate of drug-likeness (QED) is 0.711. The van der Waals surface area contributed by atoms with Crippen molar-refractivity contribution in [3.05, 3.63) is 60.8 Å². The van der Waals surface area contributed by atoms with Crippen molar-refractivity contribution >= 4 is 16.5 Å². The van der Waals surface area contributed by atoms with Crippen molar-refractivity contribution in [3.8, 4) is 22.3 Å². The molecular weight excluding hydrogens is 312 g/mol. The molecule has 7 heteroatoms. The average molecular weight is 326 g/mol. The zero-order chi connectivity index (χ0) is 16.2. The van der Waals surface area contributed by atoms with E-state index in [1.165, 1.54) is 6.33 Å². The van der Waals surface area contributed by atoms with Crippen LogP contribution in [-0.2, 0) is 16.5 Å². The smallest absolute Gasteiger partial charge is 0.144 e. The Morgan fingerprint density at radius 1 is 0.913 bits per heavy atom.